The molecule has 3 aromatic rings. The largest absolute Gasteiger partial charge is 0.250 e. The highest BCUT2D eigenvalue weighted by Gasteiger charge is 2.18. The van der Waals surface area contributed by atoms with E-state index in [0.717, 1.165) is 16.7 Å². The summed E-state index contributed by atoms with van der Waals surface area (Å²) in [6.45, 7) is 14.4. The minimum Gasteiger partial charge on any atom is -0.250 e. The first-order chi connectivity index (χ1) is 9.74. The van der Waals surface area contributed by atoms with Crippen LogP contribution >= 0.6 is 0 Å². The van der Waals surface area contributed by atoms with Gasteiger partial charge in [0.15, 0.2) is 22.4 Å². The number of fused-ring (bicyclic) bond motifs is 1. The SMILES string of the molecule is [C-]#[N+]c1cc2c(cc1[N+]#[C-])[n+](C)cn2-c1ccccc1. The third-order valence-electron chi connectivity index (χ3n) is 3.28. The molecule has 94 valence electrons. The van der Waals surface area contributed by atoms with E-state index in [4.69, 9.17) is 13.1 Å². The molecule has 4 nitrogen and oxygen atoms in total. The highest BCUT2D eigenvalue weighted by Crippen LogP contribution is 2.32. The summed E-state index contributed by atoms with van der Waals surface area (Å²) in [4.78, 5) is 6.88. The first kappa shape index (κ1) is 12.0. The maximum Gasteiger partial charge on any atom is 0.249 e. The first-order valence-electron chi connectivity index (χ1n) is 6.09. The lowest BCUT2D eigenvalue weighted by Gasteiger charge is -1.98. The van der Waals surface area contributed by atoms with Crippen molar-refractivity contribution in [2.75, 3.05) is 0 Å². The van der Waals surface area contributed by atoms with E-state index in [-0.39, 0.29) is 0 Å². The minimum absolute atomic E-state index is 0.392. The topological polar surface area (TPSA) is 17.5 Å². The molecule has 0 aliphatic heterocycles. The molecule has 0 fully saturated rings. The molecular weight excluding hydrogens is 248 g/mol. The monoisotopic (exact) mass is 259 g/mol. The zero-order valence-electron chi connectivity index (χ0n) is 10.9. The van der Waals surface area contributed by atoms with Gasteiger partial charge in [-0.3, -0.25) is 0 Å². The predicted octanol–water partition coefficient (Wildman–Crippen LogP) is 3.56. The molecule has 1 aromatic heterocycles. The van der Waals surface area contributed by atoms with Crippen molar-refractivity contribution in [1.82, 2.24) is 4.57 Å². The van der Waals surface area contributed by atoms with Crippen LogP contribution < -0.4 is 4.57 Å². The van der Waals surface area contributed by atoms with Gasteiger partial charge >= 0.3 is 0 Å². The first-order valence-corrected chi connectivity index (χ1v) is 6.09. The number of imidazole rings is 1. The van der Waals surface area contributed by atoms with Crippen molar-refractivity contribution in [3.8, 4) is 5.69 Å². The van der Waals surface area contributed by atoms with Crippen LogP contribution in [0.1, 0.15) is 0 Å². The van der Waals surface area contributed by atoms with Gasteiger partial charge in [0, 0.05) is 0 Å². The van der Waals surface area contributed by atoms with E-state index in [9.17, 15) is 0 Å². The molecule has 0 spiro atoms. The van der Waals surface area contributed by atoms with E-state index in [1.807, 2.05) is 52.8 Å². The summed E-state index contributed by atoms with van der Waals surface area (Å²) in [5.41, 5.74) is 3.69. The Balaban J connectivity index is 2.37. The number of aromatic nitrogens is 2. The smallest absolute Gasteiger partial charge is 0.249 e. The van der Waals surface area contributed by atoms with Crippen molar-refractivity contribution in [2.45, 2.75) is 0 Å². The Kier molecular flexibility index (Phi) is 2.71. The van der Waals surface area contributed by atoms with E-state index in [2.05, 4.69) is 9.69 Å². The van der Waals surface area contributed by atoms with Gasteiger partial charge < -0.3 is 0 Å². The zero-order chi connectivity index (χ0) is 14.1. The second-order valence-corrected chi connectivity index (χ2v) is 4.49. The molecule has 0 bridgehead atoms. The van der Waals surface area contributed by atoms with Gasteiger partial charge in [0.2, 0.25) is 6.33 Å². The van der Waals surface area contributed by atoms with Crippen molar-refractivity contribution < 1.29 is 4.57 Å². The average Bonchev–Trinajstić information content (AvgIpc) is 2.83. The number of hydrogen-bond acceptors (Lipinski definition) is 0. The van der Waals surface area contributed by atoms with Crippen LogP contribution in [0.4, 0.5) is 11.4 Å². The lowest BCUT2D eigenvalue weighted by atomic mass is 10.2. The number of nitrogens with zero attached hydrogens (tertiary/aromatic N) is 4. The molecule has 1 heterocycles. The van der Waals surface area contributed by atoms with Crippen molar-refractivity contribution in [3.05, 3.63) is 71.6 Å². The summed E-state index contributed by atoms with van der Waals surface area (Å²) in [5, 5.41) is 0. The quantitative estimate of drug-likeness (QED) is 0.470. The Bertz CT molecular complexity index is 877. The second kappa shape index (κ2) is 4.53. The molecule has 20 heavy (non-hydrogen) atoms. The van der Waals surface area contributed by atoms with Gasteiger partial charge in [0.25, 0.3) is 0 Å². The van der Waals surface area contributed by atoms with Crippen LogP contribution in [0.15, 0.2) is 48.8 Å². The number of rotatable bonds is 1. The van der Waals surface area contributed by atoms with Crippen molar-refractivity contribution in [1.29, 1.82) is 0 Å². The Labute approximate surface area is 116 Å². The fraction of sp³-hybridized carbons (Fsp3) is 0.0625. The number of para-hydroxylation sites is 1. The minimum atomic E-state index is 0.392. The maximum atomic E-state index is 7.21. The highest BCUT2D eigenvalue weighted by molar-refractivity contribution is 5.87. The van der Waals surface area contributed by atoms with Crippen molar-refractivity contribution in [2.24, 2.45) is 7.05 Å². The summed E-state index contributed by atoms with van der Waals surface area (Å²) in [7, 11) is 1.94. The van der Waals surface area contributed by atoms with Crippen molar-refractivity contribution in [3.63, 3.8) is 0 Å². The molecule has 4 heteroatoms. The Hall–Kier alpha value is -3.11. The van der Waals surface area contributed by atoms with Gasteiger partial charge in [-0.25, -0.2) is 14.3 Å². The number of benzene rings is 2. The number of hydrogen-bond donors (Lipinski definition) is 0. The van der Waals surface area contributed by atoms with E-state index in [1.54, 1.807) is 12.1 Å². The molecule has 0 unspecified atom stereocenters. The Morgan fingerprint density at radius 3 is 2.30 bits per heavy atom. The molecule has 0 atom stereocenters. The molecule has 0 radical (unpaired) electrons. The molecule has 0 N–H and O–H groups in total. The highest BCUT2D eigenvalue weighted by atomic mass is 15.1. The average molecular weight is 259 g/mol. The van der Waals surface area contributed by atoms with E-state index >= 15 is 0 Å². The van der Waals surface area contributed by atoms with Crippen molar-refractivity contribution >= 4 is 22.4 Å². The normalized spacial score (nSPS) is 10.2. The fourth-order valence-electron chi connectivity index (χ4n) is 2.30. The van der Waals surface area contributed by atoms with E-state index in [1.165, 1.54) is 0 Å². The molecular formula is C16H11N4+. The summed E-state index contributed by atoms with van der Waals surface area (Å²) in [5.74, 6) is 0. The summed E-state index contributed by atoms with van der Waals surface area (Å²) >= 11 is 0. The summed E-state index contributed by atoms with van der Waals surface area (Å²) < 4.78 is 3.99. The lowest BCUT2D eigenvalue weighted by molar-refractivity contribution is -0.645. The van der Waals surface area contributed by atoms with E-state index < -0.39 is 0 Å². The summed E-state index contributed by atoms with van der Waals surface area (Å²) in [6.07, 6.45) is 1.96. The third kappa shape index (κ3) is 1.72. The number of aryl methyl sites for hydroxylation is 1. The Morgan fingerprint density at radius 2 is 1.65 bits per heavy atom. The standard InChI is InChI=1S/C16H11N4/c1-17-13-9-15-16(10-14(13)18-2)20(11-19(15)3)12-7-5-4-6-8-12/h4-11H,3H3/q+1. The van der Waals surface area contributed by atoms with Crippen LogP contribution in [-0.4, -0.2) is 4.57 Å². The lowest BCUT2D eigenvalue weighted by Crippen LogP contribution is -2.25. The van der Waals surface area contributed by atoms with Crippen LogP contribution in [0.25, 0.3) is 26.4 Å². The molecule has 0 saturated heterocycles. The molecule has 0 amide bonds. The van der Waals surface area contributed by atoms with Crippen LogP contribution in [-0.2, 0) is 7.05 Å². The van der Waals surface area contributed by atoms with Crippen LogP contribution in [0.3, 0.4) is 0 Å². The predicted molar refractivity (Wildman–Crippen MR) is 77.0 cm³/mol. The van der Waals surface area contributed by atoms with Gasteiger partial charge in [0.1, 0.15) is 5.69 Å². The summed E-state index contributed by atoms with van der Waals surface area (Å²) in [6, 6.07) is 13.5. The molecule has 2 aromatic carbocycles. The second-order valence-electron chi connectivity index (χ2n) is 4.49. The fourth-order valence-corrected chi connectivity index (χ4v) is 2.30. The van der Waals surface area contributed by atoms with E-state index in [0.29, 0.717) is 11.4 Å². The van der Waals surface area contributed by atoms with Gasteiger partial charge in [0.05, 0.1) is 20.2 Å². The van der Waals surface area contributed by atoms with Gasteiger partial charge in [-0.1, -0.05) is 18.2 Å². The van der Waals surface area contributed by atoms with Gasteiger partial charge in [-0.05, 0) is 24.3 Å². The van der Waals surface area contributed by atoms with Gasteiger partial charge in [-0.15, -0.1) is 0 Å². The van der Waals surface area contributed by atoms with Gasteiger partial charge in [-0.2, -0.15) is 4.57 Å². The Morgan fingerprint density at radius 1 is 1.00 bits per heavy atom. The van der Waals surface area contributed by atoms with Crippen LogP contribution in [0.5, 0.6) is 0 Å². The van der Waals surface area contributed by atoms with Crippen LogP contribution in [0.2, 0.25) is 0 Å². The maximum absolute atomic E-state index is 7.21. The molecule has 0 saturated carbocycles. The zero-order valence-corrected chi connectivity index (χ0v) is 10.9. The van der Waals surface area contributed by atoms with Crippen LogP contribution in [0, 0.1) is 13.1 Å². The molecule has 3 rings (SSSR count). The molecule has 0 aliphatic rings. The molecule has 0 aliphatic carbocycles. The third-order valence-corrected chi connectivity index (χ3v) is 3.28.